The van der Waals surface area contributed by atoms with Gasteiger partial charge in [-0.05, 0) is 13.5 Å². The smallest absolute Gasteiger partial charge is 0.0163 e. The van der Waals surface area contributed by atoms with E-state index in [1.807, 2.05) is 0 Å². The molecule has 64 valence electrons. The molecule has 1 N–H and O–H groups in total. The third-order valence-electron chi connectivity index (χ3n) is 3.12. The summed E-state index contributed by atoms with van der Waals surface area (Å²) in [4.78, 5) is 2.46. The van der Waals surface area contributed by atoms with Crippen LogP contribution in [0.15, 0.2) is 0 Å². The van der Waals surface area contributed by atoms with Crippen LogP contribution in [0.4, 0.5) is 0 Å². The summed E-state index contributed by atoms with van der Waals surface area (Å²) in [5.74, 6) is 0.974. The van der Waals surface area contributed by atoms with E-state index < -0.39 is 0 Å². The van der Waals surface area contributed by atoms with Crippen molar-refractivity contribution in [1.29, 1.82) is 0 Å². The number of rotatable bonds is 2. The van der Waals surface area contributed by atoms with Crippen LogP contribution in [-0.2, 0) is 0 Å². The second-order valence-corrected chi connectivity index (χ2v) is 4.33. The Bertz CT molecular complexity index is 156. The van der Waals surface area contributed by atoms with Crippen molar-refractivity contribution in [2.24, 2.45) is 5.92 Å². The number of nitrogens with zero attached hydrogens (tertiary/aromatic N) is 1. The predicted octanol–water partition coefficient (Wildman–Crippen LogP) is 0.687. The standard InChI is InChI=1S/C9H18N2/c1-6(2)10-8-4-9-7(8)5-11(9)3/h6-10H,4-5H2,1-3H3. The first-order chi connectivity index (χ1) is 5.18. The Morgan fingerprint density at radius 1 is 1.45 bits per heavy atom. The molecule has 11 heavy (non-hydrogen) atoms. The van der Waals surface area contributed by atoms with Crippen molar-refractivity contribution >= 4 is 0 Å². The van der Waals surface area contributed by atoms with Crippen LogP contribution in [0.25, 0.3) is 0 Å². The first-order valence-electron chi connectivity index (χ1n) is 4.65. The van der Waals surface area contributed by atoms with Crippen molar-refractivity contribution in [2.75, 3.05) is 13.6 Å². The molecule has 0 radical (unpaired) electrons. The summed E-state index contributed by atoms with van der Waals surface area (Å²) >= 11 is 0. The molecule has 0 amide bonds. The average Bonchev–Trinajstić information content (AvgIpc) is 1.91. The van der Waals surface area contributed by atoms with Crippen molar-refractivity contribution in [3.63, 3.8) is 0 Å². The lowest BCUT2D eigenvalue weighted by atomic mass is 9.67. The molecule has 1 aliphatic heterocycles. The van der Waals surface area contributed by atoms with E-state index in [9.17, 15) is 0 Å². The summed E-state index contributed by atoms with van der Waals surface area (Å²) in [7, 11) is 2.23. The zero-order chi connectivity index (χ0) is 8.01. The lowest BCUT2D eigenvalue weighted by Crippen LogP contribution is -2.71. The van der Waals surface area contributed by atoms with E-state index in [2.05, 4.69) is 31.1 Å². The van der Waals surface area contributed by atoms with Gasteiger partial charge in [0.05, 0.1) is 0 Å². The lowest BCUT2D eigenvalue weighted by Gasteiger charge is -2.59. The molecular weight excluding hydrogens is 136 g/mol. The second-order valence-electron chi connectivity index (χ2n) is 4.33. The molecule has 0 aromatic heterocycles. The van der Waals surface area contributed by atoms with Crippen LogP contribution in [0, 0.1) is 5.92 Å². The quantitative estimate of drug-likeness (QED) is 0.629. The number of hydrogen-bond donors (Lipinski definition) is 1. The third-order valence-corrected chi connectivity index (χ3v) is 3.12. The van der Waals surface area contributed by atoms with Gasteiger partial charge < -0.3 is 10.2 Å². The van der Waals surface area contributed by atoms with Crippen LogP contribution in [0.1, 0.15) is 20.3 Å². The lowest BCUT2D eigenvalue weighted by molar-refractivity contribution is -0.0712. The van der Waals surface area contributed by atoms with Gasteiger partial charge in [-0.2, -0.15) is 0 Å². The number of nitrogens with one attached hydrogen (secondary N) is 1. The molecule has 1 heterocycles. The van der Waals surface area contributed by atoms with E-state index in [0.717, 1.165) is 18.0 Å². The molecule has 3 atom stereocenters. The maximum Gasteiger partial charge on any atom is 0.0163 e. The molecule has 0 spiro atoms. The minimum Gasteiger partial charge on any atom is -0.311 e. The topological polar surface area (TPSA) is 15.3 Å². The van der Waals surface area contributed by atoms with E-state index >= 15 is 0 Å². The van der Waals surface area contributed by atoms with Crippen molar-refractivity contribution in [3.8, 4) is 0 Å². The largest absolute Gasteiger partial charge is 0.311 e. The molecule has 2 heteroatoms. The van der Waals surface area contributed by atoms with Crippen LogP contribution < -0.4 is 5.32 Å². The van der Waals surface area contributed by atoms with Gasteiger partial charge >= 0.3 is 0 Å². The summed E-state index contributed by atoms with van der Waals surface area (Å²) in [5, 5.41) is 3.60. The molecular formula is C9H18N2. The highest BCUT2D eigenvalue weighted by Crippen LogP contribution is 2.40. The van der Waals surface area contributed by atoms with Gasteiger partial charge in [0.1, 0.15) is 0 Å². The van der Waals surface area contributed by atoms with Crippen molar-refractivity contribution in [1.82, 2.24) is 10.2 Å². The Balaban J connectivity index is 1.77. The average molecular weight is 154 g/mol. The molecule has 0 aromatic carbocycles. The summed E-state index contributed by atoms with van der Waals surface area (Å²) < 4.78 is 0. The minimum absolute atomic E-state index is 0.659. The molecule has 1 aliphatic carbocycles. The normalized spacial score (nSPS) is 43.1. The van der Waals surface area contributed by atoms with Crippen LogP contribution in [0.3, 0.4) is 0 Å². The van der Waals surface area contributed by atoms with E-state index in [1.54, 1.807) is 0 Å². The SMILES string of the molecule is CC(C)NC1CC2C1CN2C. The van der Waals surface area contributed by atoms with E-state index in [1.165, 1.54) is 13.0 Å². The van der Waals surface area contributed by atoms with Gasteiger partial charge in [0.15, 0.2) is 0 Å². The van der Waals surface area contributed by atoms with E-state index in [0.29, 0.717) is 6.04 Å². The fourth-order valence-electron chi connectivity index (χ4n) is 2.39. The monoisotopic (exact) mass is 154 g/mol. The van der Waals surface area contributed by atoms with Gasteiger partial charge in [-0.15, -0.1) is 0 Å². The summed E-state index contributed by atoms with van der Waals surface area (Å²) in [6.07, 6.45) is 1.37. The highest BCUT2D eigenvalue weighted by Gasteiger charge is 2.50. The predicted molar refractivity (Wildman–Crippen MR) is 46.6 cm³/mol. The van der Waals surface area contributed by atoms with Crippen LogP contribution in [0.5, 0.6) is 0 Å². The molecule has 2 rings (SSSR count). The van der Waals surface area contributed by atoms with E-state index in [-0.39, 0.29) is 0 Å². The van der Waals surface area contributed by atoms with Gasteiger partial charge in [0.25, 0.3) is 0 Å². The van der Waals surface area contributed by atoms with Crippen molar-refractivity contribution < 1.29 is 0 Å². The Morgan fingerprint density at radius 2 is 2.18 bits per heavy atom. The second kappa shape index (κ2) is 2.46. The van der Waals surface area contributed by atoms with E-state index in [4.69, 9.17) is 0 Å². The fourth-order valence-corrected chi connectivity index (χ4v) is 2.39. The molecule has 3 unspecified atom stereocenters. The Kier molecular flexibility index (Phi) is 1.69. The van der Waals surface area contributed by atoms with Gasteiger partial charge in [-0.25, -0.2) is 0 Å². The first kappa shape index (κ1) is 7.56. The number of hydrogen-bond acceptors (Lipinski definition) is 2. The number of piperidine rings is 1. The van der Waals surface area contributed by atoms with Crippen molar-refractivity contribution in [2.45, 2.75) is 38.4 Å². The van der Waals surface area contributed by atoms with Gasteiger partial charge in [0.2, 0.25) is 0 Å². The summed E-state index contributed by atoms with van der Waals surface area (Å²) in [6, 6.07) is 2.41. The number of likely N-dealkylation sites (tertiary alicyclic amines) is 1. The molecule has 1 saturated carbocycles. The number of fused-ring (bicyclic) bond motifs is 1. The van der Waals surface area contributed by atoms with Crippen molar-refractivity contribution in [3.05, 3.63) is 0 Å². The van der Waals surface area contributed by atoms with Crippen LogP contribution in [-0.4, -0.2) is 36.6 Å². The first-order valence-corrected chi connectivity index (χ1v) is 4.65. The maximum absolute atomic E-state index is 3.60. The molecule has 0 bridgehead atoms. The van der Waals surface area contributed by atoms with Crippen LogP contribution in [0.2, 0.25) is 0 Å². The Hall–Kier alpha value is -0.0800. The van der Waals surface area contributed by atoms with Gasteiger partial charge in [-0.3, -0.25) is 0 Å². The highest BCUT2D eigenvalue weighted by atomic mass is 15.3. The minimum atomic E-state index is 0.659. The van der Waals surface area contributed by atoms with Gasteiger partial charge in [0, 0.05) is 30.6 Å². The Morgan fingerprint density at radius 3 is 2.55 bits per heavy atom. The molecule has 1 saturated heterocycles. The highest BCUT2D eigenvalue weighted by molar-refractivity contribution is 5.07. The third kappa shape index (κ3) is 1.09. The zero-order valence-corrected chi connectivity index (χ0v) is 7.67. The summed E-state index contributed by atoms with van der Waals surface area (Å²) in [5.41, 5.74) is 0. The molecule has 2 nitrogen and oxygen atoms in total. The van der Waals surface area contributed by atoms with Gasteiger partial charge in [-0.1, -0.05) is 13.8 Å². The Labute approximate surface area is 69.0 Å². The molecule has 2 fully saturated rings. The summed E-state index contributed by atoms with van der Waals surface area (Å²) in [6.45, 7) is 5.78. The van der Waals surface area contributed by atoms with Crippen LogP contribution >= 0.6 is 0 Å². The molecule has 2 aliphatic rings. The maximum atomic E-state index is 3.60. The molecule has 0 aromatic rings. The zero-order valence-electron chi connectivity index (χ0n) is 7.67. The fraction of sp³-hybridized carbons (Fsp3) is 1.00.